The van der Waals surface area contributed by atoms with Crippen LogP contribution < -0.4 is 10.2 Å². The molecular weight excluding hydrogens is 304 g/mol. The molecular formula is C18H22N4O2. The summed E-state index contributed by atoms with van der Waals surface area (Å²) < 4.78 is 1.80. The van der Waals surface area contributed by atoms with Gasteiger partial charge in [0.2, 0.25) is 5.91 Å². The number of hydrogen-bond acceptors (Lipinski definition) is 3. The van der Waals surface area contributed by atoms with E-state index in [-0.39, 0.29) is 17.9 Å². The number of nitrogens with zero attached hydrogens (tertiary/aromatic N) is 3. The van der Waals surface area contributed by atoms with E-state index in [2.05, 4.69) is 10.4 Å². The highest BCUT2D eigenvalue weighted by atomic mass is 16.2. The molecule has 1 atom stereocenters. The zero-order valence-electron chi connectivity index (χ0n) is 14.5. The fourth-order valence-electron chi connectivity index (χ4n) is 3.17. The van der Waals surface area contributed by atoms with Crippen LogP contribution in [0.15, 0.2) is 24.4 Å². The van der Waals surface area contributed by atoms with E-state index in [9.17, 15) is 9.59 Å². The predicted molar refractivity (Wildman–Crippen MR) is 92.0 cm³/mol. The molecule has 1 aliphatic heterocycles. The lowest BCUT2D eigenvalue weighted by Crippen LogP contribution is -2.27. The Bertz CT molecular complexity index is 809. The van der Waals surface area contributed by atoms with Crippen molar-refractivity contribution in [3.05, 3.63) is 46.8 Å². The number of benzene rings is 1. The van der Waals surface area contributed by atoms with Gasteiger partial charge in [0, 0.05) is 43.0 Å². The summed E-state index contributed by atoms with van der Waals surface area (Å²) in [6.07, 6.45) is 2.57. The minimum atomic E-state index is -0.117. The number of rotatable bonds is 3. The second-order valence-corrected chi connectivity index (χ2v) is 6.27. The first-order chi connectivity index (χ1) is 11.4. The van der Waals surface area contributed by atoms with E-state index in [4.69, 9.17) is 0 Å². The van der Waals surface area contributed by atoms with Crippen LogP contribution in [0.3, 0.4) is 0 Å². The fraction of sp³-hybridized carbons (Fsp3) is 0.389. The van der Waals surface area contributed by atoms with E-state index in [0.29, 0.717) is 12.1 Å². The molecule has 126 valence electrons. The second kappa shape index (κ2) is 6.11. The molecule has 0 spiro atoms. The predicted octanol–water partition coefficient (Wildman–Crippen LogP) is 2.13. The molecule has 2 aromatic rings. The largest absolute Gasteiger partial charge is 0.345 e. The van der Waals surface area contributed by atoms with Crippen molar-refractivity contribution in [3.8, 4) is 0 Å². The van der Waals surface area contributed by atoms with Crippen LogP contribution in [-0.4, -0.2) is 28.1 Å². The first kappa shape index (κ1) is 16.2. The third-order valence-corrected chi connectivity index (χ3v) is 4.70. The maximum Gasteiger partial charge on any atom is 0.251 e. The SMILES string of the molecule is CC(=O)N1CCc2cc(C(=O)N[C@H](C)c3cnn(C)c3C)ccc21. The Kier molecular flexibility index (Phi) is 4.13. The number of hydrogen-bond donors (Lipinski definition) is 1. The molecule has 2 amide bonds. The second-order valence-electron chi connectivity index (χ2n) is 6.27. The first-order valence-electron chi connectivity index (χ1n) is 8.09. The third kappa shape index (κ3) is 2.79. The minimum absolute atomic E-state index is 0.0339. The van der Waals surface area contributed by atoms with Crippen molar-refractivity contribution in [1.82, 2.24) is 15.1 Å². The van der Waals surface area contributed by atoms with Crippen molar-refractivity contribution in [2.75, 3.05) is 11.4 Å². The van der Waals surface area contributed by atoms with Gasteiger partial charge in [0.1, 0.15) is 0 Å². The molecule has 0 saturated carbocycles. The quantitative estimate of drug-likeness (QED) is 0.939. The first-order valence-corrected chi connectivity index (χ1v) is 8.09. The monoisotopic (exact) mass is 326 g/mol. The van der Waals surface area contributed by atoms with Gasteiger partial charge in [0.05, 0.1) is 12.2 Å². The highest BCUT2D eigenvalue weighted by Crippen LogP contribution is 2.29. The zero-order valence-corrected chi connectivity index (χ0v) is 14.5. The van der Waals surface area contributed by atoms with Gasteiger partial charge in [0.15, 0.2) is 0 Å². The summed E-state index contributed by atoms with van der Waals surface area (Å²) in [7, 11) is 1.88. The Morgan fingerprint density at radius 2 is 2.08 bits per heavy atom. The van der Waals surface area contributed by atoms with Crippen molar-refractivity contribution < 1.29 is 9.59 Å². The van der Waals surface area contributed by atoms with Crippen molar-refractivity contribution in [2.24, 2.45) is 7.05 Å². The molecule has 0 bridgehead atoms. The smallest absolute Gasteiger partial charge is 0.251 e. The Morgan fingerprint density at radius 3 is 2.71 bits per heavy atom. The Morgan fingerprint density at radius 1 is 1.33 bits per heavy atom. The van der Waals surface area contributed by atoms with E-state index >= 15 is 0 Å². The summed E-state index contributed by atoms with van der Waals surface area (Å²) in [4.78, 5) is 25.9. The van der Waals surface area contributed by atoms with E-state index in [1.54, 1.807) is 28.8 Å². The number of amides is 2. The maximum absolute atomic E-state index is 12.5. The molecule has 0 radical (unpaired) electrons. The summed E-state index contributed by atoms with van der Waals surface area (Å²) in [5.74, 6) is -0.0820. The molecule has 0 saturated heterocycles. The number of nitrogens with one attached hydrogen (secondary N) is 1. The maximum atomic E-state index is 12.5. The van der Waals surface area contributed by atoms with Gasteiger partial charge in [-0.2, -0.15) is 5.10 Å². The minimum Gasteiger partial charge on any atom is -0.345 e. The van der Waals surface area contributed by atoms with Crippen molar-refractivity contribution in [3.63, 3.8) is 0 Å². The van der Waals surface area contributed by atoms with E-state index in [0.717, 1.165) is 28.9 Å². The topological polar surface area (TPSA) is 67.2 Å². The average Bonchev–Trinajstić information content (AvgIpc) is 3.11. The number of aromatic nitrogens is 2. The molecule has 1 N–H and O–H groups in total. The van der Waals surface area contributed by atoms with Gasteiger partial charge in [-0.25, -0.2) is 0 Å². The summed E-state index contributed by atoms with van der Waals surface area (Å²) in [6.45, 7) is 6.18. The Hall–Kier alpha value is -2.63. The van der Waals surface area contributed by atoms with E-state index in [1.165, 1.54) is 0 Å². The lowest BCUT2D eigenvalue weighted by molar-refractivity contribution is -0.116. The van der Waals surface area contributed by atoms with Crippen molar-refractivity contribution in [2.45, 2.75) is 33.2 Å². The highest BCUT2D eigenvalue weighted by molar-refractivity contribution is 5.98. The zero-order chi connectivity index (χ0) is 17.4. The van der Waals surface area contributed by atoms with Gasteiger partial charge in [-0.05, 0) is 44.0 Å². The molecule has 2 heterocycles. The molecule has 3 rings (SSSR count). The van der Waals surface area contributed by atoms with Crippen LogP contribution in [0.25, 0.3) is 0 Å². The number of anilines is 1. The summed E-state index contributed by atoms with van der Waals surface area (Å²) in [5, 5.41) is 7.24. The number of aryl methyl sites for hydroxylation is 1. The normalized spacial score (nSPS) is 14.4. The molecule has 6 heteroatoms. The molecule has 0 aliphatic carbocycles. The van der Waals surface area contributed by atoms with Crippen LogP contribution in [0.4, 0.5) is 5.69 Å². The van der Waals surface area contributed by atoms with Gasteiger partial charge < -0.3 is 10.2 Å². The van der Waals surface area contributed by atoms with E-state index < -0.39 is 0 Å². The molecule has 1 aliphatic rings. The average molecular weight is 326 g/mol. The molecule has 1 aromatic heterocycles. The molecule has 1 aromatic carbocycles. The van der Waals surface area contributed by atoms with Crippen LogP contribution in [-0.2, 0) is 18.3 Å². The number of fused-ring (bicyclic) bond motifs is 1. The summed E-state index contributed by atoms with van der Waals surface area (Å²) in [6, 6.07) is 5.40. The summed E-state index contributed by atoms with van der Waals surface area (Å²) in [5.41, 5.74) is 4.62. The van der Waals surface area contributed by atoms with Gasteiger partial charge in [-0.1, -0.05) is 0 Å². The van der Waals surface area contributed by atoms with E-state index in [1.807, 2.05) is 33.0 Å². The number of carbonyl (C=O) groups is 2. The molecule has 24 heavy (non-hydrogen) atoms. The molecule has 0 unspecified atom stereocenters. The van der Waals surface area contributed by atoms with Gasteiger partial charge in [-0.3, -0.25) is 14.3 Å². The Labute approximate surface area is 141 Å². The number of carbonyl (C=O) groups excluding carboxylic acids is 2. The lowest BCUT2D eigenvalue weighted by Gasteiger charge is -2.16. The van der Waals surface area contributed by atoms with Crippen LogP contribution in [0.2, 0.25) is 0 Å². The van der Waals surface area contributed by atoms with Crippen molar-refractivity contribution >= 4 is 17.5 Å². The molecule has 6 nitrogen and oxygen atoms in total. The third-order valence-electron chi connectivity index (χ3n) is 4.70. The lowest BCUT2D eigenvalue weighted by atomic mass is 10.1. The van der Waals surface area contributed by atoms with Crippen LogP contribution in [0, 0.1) is 6.92 Å². The van der Waals surface area contributed by atoms with Crippen LogP contribution >= 0.6 is 0 Å². The standard InChI is InChI=1S/C18H22N4O2/c1-11(16-10-19-21(4)12(16)2)20-18(24)15-5-6-17-14(9-15)7-8-22(17)13(3)23/h5-6,9-11H,7-8H2,1-4H3,(H,20,24)/t11-/m1/s1. The Balaban J connectivity index is 1.77. The summed E-state index contributed by atoms with van der Waals surface area (Å²) >= 11 is 0. The van der Waals surface area contributed by atoms with Gasteiger partial charge >= 0.3 is 0 Å². The van der Waals surface area contributed by atoms with Crippen LogP contribution in [0.5, 0.6) is 0 Å². The fourth-order valence-corrected chi connectivity index (χ4v) is 3.17. The van der Waals surface area contributed by atoms with Gasteiger partial charge in [-0.15, -0.1) is 0 Å². The van der Waals surface area contributed by atoms with Gasteiger partial charge in [0.25, 0.3) is 5.91 Å². The molecule has 0 fully saturated rings. The highest BCUT2D eigenvalue weighted by Gasteiger charge is 2.23. The van der Waals surface area contributed by atoms with Crippen molar-refractivity contribution in [1.29, 1.82) is 0 Å². The van der Waals surface area contributed by atoms with Crippen LogP contribution in [0.1, 0.15) is 47.1 Å².